The van der Waals surface area contributed by atoms with Gasteiger partial charge in [0.15, 0.2) is 0 Å². The number of halogens is 3. The van der Waals surface area contributed by atoms with Crippen LogP contribution in [0.15, 0.2) is 97.1 Å². The molecule has 2 aliphatic rings. The number of nitrogens with zero attached hydrogens (tertiary/aromatic N) is 2. The van der Waals surface area contributed by atoms with Crippen molar-refractivity contribution in [2.24, 2.45) is 0 Å². The Morgan fingerprint density at radius 2 is 1.39 bits per heavy atom. The maximum atomic E-state index is 13.7. The summed E-state index contributed by atoms with van der Waals surface area (Å²) in [6.45, 7) is 5.41. The number of hydrogen-bond donors (Lipinski definition) is 1. The predicted molar refractivity (Wildman–Crippen MR) is 171 cm³/mol. The number of unbranched alkanes of at least 4 members (excludes halogenated alkanes) is 1. The van der Waals surface area contributed by atoms with E-state index in [0.29, 0.717) is 6.42 Å². The molecule has 1 fully saturated rings. The highest BCUT2D eigenvalue weighted by molar-refractivity contribution is 6.00. The Hall–Kier alpha value is -4.10. The van der Waals surface area contributed by atoms with E-state index in [0.717, 1.165) is 67.8 Å². The standard InChI is InChI=1S/C37H38F3N3O/c1-27-10-8-11-28(24-27)29-12-9-13-30(25-29)43-22-20-42(21-23-43)19-7-6-18-36(35(44)41-26-37(38,39)40)33-16-4-2-14-31(33)32-15-3-5-17-34(32)36/h2-5,8-17,24-25H,6-7,18-23,26H2,1H3,(H,41,44). The molecule has 0 bridgehead atoms. The third-order valence-electron chi connectivity index (χ3n) is 9.11. The van der Waals surface area contributed by atoms with Gasteiger partial charge in [0.25, 0.3) is 0 Å². The summed E-state index contributed by atoms with van der Waals surface area (Å²) in [6, 6.07) is 32.6. The van der Waals surface area contributed by atoms with Crippen molar-refractivity contribution >= 4 is 11.6 Å². The molecule has 4 nitrogen and oxygen atoms in total. The molecule has 1 heterocycles. The van der Waals surface area contributed by atoms with Crippen LogP contribution in [0.5, 0.6) is 0 Å². The fourth-order valence-corrected chi connectivity index (χ4v) is 6.95. The molecule has 1 aliphatic heterocycles. The number of alkyl halides is 3. The zero-order valence-corrected chi connectivity index (χ0v) is 25.0. The quantitative estimate of drug-likeness (QED) is 0.202. The fraction of sp³-hybridized carbons (Fsp3) is 0.324. The van der Waals surface area contributed by atoms with Gasteiger partial charge in [0.1, 0.15) is 12.0 Å². The molecule has 1 amide bonds. The van der Waals surface area contributed by atoms with Gasteiger partial charge >= 0.3 is 6.18 Å². The van der Waals surface area contributed by atoms with E-state index in [1.807, 2.05) is 48.5 Å². The highest BCUT2D eigenvalue weighted by atomic mass is 19.4. The van der Waals surface area contributed by atoms with Gasteiger partial charge < -0.3 is 10.2 Å². The Bertz CT molecular complexity index is 1580. The first-order chi connectivity index (χ1) is 21.2. The van der Waals surface area contributed by atoms with Crippen LogP contribution in [0, 0.1) is 6.92 Å². The molecule has 0 saturated carbocycles. The molecule has 1 aliphatic carbocycles. The van der Waals surface area contributed by atoms with E-state index in [2.05, 4.69) is 70.6 Å². The number of fused-ring (bicyclic) bond motifs is 3. The van der Waals surface area contributed by atoms with Crippen molar-refractivity contribution in [2.75, 3.05) is 44.2 Å². The molecule has 6 rings (SSSR count). The SMILES string of the molecule is Cc1cccc(-c2cccc(N3CCN(CCCCC4(C(=O)NCC(F)(F)F)c5ccccc5-c5ccccc54)CC3)c2)c1. The minimum absolute atomic E-state index is 0.455. The Kier molecular flexibility index (Phi) is 8.50. The summed E-state index contributed by atoms with van der Waals surface area (Å²) in [4.78, 5) is 18.6. The van der Waals surface area contributed by atoms with Crippen molar-refractivity contribution in [1.82, 2.24) is 10.2 Å². The van der Waals surface area contributed by atoms with Gasteiger partial charge in [0.05, 0.1) is 0 Å². The maximum Gasteiger partial charge on any atom is 0.405 e. The first kappa shape index (κ1) is 29.9. The summed E-state index contributed by atoms with van der Waals surface area (Å²) < 4.78 is 39.5. The number of carbonyl (C=O) groups excluding carboxylic acids is 1. The average molecular weight is 598 g/mol. The molecule has 1 saturated heterocycles. The molecule has 0 aromatic heterocycles. The molecule has 0 atom stereocenters. The molecule has 7 heteroatoms. The second kappa shape index (κ2) is 12.5. The lowest BCUT2D eigenvalue weighted by Gasteiger charge is -2.36. The summed E-state index contributed by atoms with van der Waals surface area (Å²) in [5.74, 6) is -0.575. The minimum atomic E-state index is -4.47. The number of piperazine rings is 1. The number of benzene rings is 4. The highest BCUT2D eigenvalue weighted by Gasteiger charge is 2.49. The highest BCUT2D eigenvalue weighted by Crippen LogP contribution is 2.51. The third-order valence-corrected chi connectivity index (χ3v) is 9.11. The van der Waals surface area contributed by atoms with Gasteiger partial charge in [0, 0.05) is 31.9 Å². The lowest BCUT2D eigenvalue weighted by molar-refractivity contribution is -0.141. The van der Waals surface area contributed by atoms with E-state index in [1.54, 1.807) is 0 Å². The Balaban J connectivity index is 1.10. The summed E-state index contributed by atoms with van der Waals surface area (Å²) >= 11 is 0. The zero-order valence-electron chi connectivity index (χ0n) is 25.0. The molecular weight excluding hydrogens is 559 g/mol. The van der Waals surface area contributed by atoms with Crippen molar-refractivity contribution in [3.05, 3.63) is 114 Å². The number of amides is 1. The van der Waals surface area contributed by atoms with Crippen molar-refractivity contribution in [3.63, 3.8) is 0 Å². The van der Waals surface area contributed by atoms with Gasteiger partial charge in [-0.1, -0.05) is 96.9 Å². The summed E-state index contributed by atoms with van der Waals surface area (Å²) in [6.07, 6.45) is -2.43. The zero-order chi connectivity index (χ0) is 30.7. The Labute approximate surface area is 257 Å². The monoisotopic (exact) mass is 597 g/mol. The maximum absolute atomic E-state index is 13.7. The third kappa shape index (κ3) is 6.11. The van der Waals surface area contributed by atoms with Gasteiger partial charge in [-0.05, 0) is 71.8 Å². The van der Waals surface area contributed by atoms with Crippen molar-refractivity contribution < 1.29 is 18.0 Å². The van der Waals surface area contributed by atoms with Crippen LogP contribution in [0.25, 0.3) is 22.3 Å². The van der Waals surface area contributed by atoms with Crippen LogP contribution < -0.4 is 10.2 Å². The van der Waals surface area contributed by atoms with E-state index in [-0.39, 0.29) is 0 Å². The number of nitrogens with one attached hydrogen (secondary N) is 1. The van der Waals surface area contributed by atoms with Gasteiger partial charge in [0.2, 0.25) is 5.91 Å². The van der Waals surface area contributed by atoms with Crippen LogP contribution in [-0.4, -0.2) is 56.3 Å². The summed E-state index contributed by atoms with van der Waals surface area (Å²) in [7, 11) is 0. The van der Waals surface area contributed by atoms with Crippen LogP contribution in [0.3, 0.4) is 0 Å². The first-order valence-corrected chi connectivity index (χ1v) is 15.4. The van der Waals surface area contributed by atoms with E-state index < -0.39 is 24.0 Å². The van der Waals surface area contributed by atoms with E-state index in [9.17, 15) is 18.0 Å². The fourth-order valence-electron chi connectivity index (χ4n) is 6.95. The molecule has 0 spiro atoms. The van der Waals surface area contributed by atoms with E-state index in [4.69, 9.17) is 0 Å². The molecule has 228 valence electrons. The minimum Gasteiger partial charge on any atom is -0.369 e. The second-order valence-corrected chi connectivity index (χ2v) is 12.0. The molecule has 4 aromatic rings. The summed E-state index contributed by atoms with van der Waals surface area (Å²) in [5, 5.41) is 2.24. The number of aryl methyl sites for hydroxylation is 1. The van der Waals surface area contributed by atoms with Gasteiger partial charge in [-0.2, -0.15) is 13.2 Å². The molecule has 0 radical (unpaired) electrons. The van der Waals surface area contributed by atoms with Gasteiger partial charge in [-0.25, -0.2) is 0 Å². The Morgan fingerprint density at radius 1 is 0.773 bits per heavy atom. The van der Waals surface area contributed by atoms with Crippen molar-refractivity contribution in [1.29, 1.82) is 0 Å². The average Bonchev–Trinajstić information content (AvgIpc) is 3.32. The largest absolute Gasteiger partial charge is 0.405 e. The smallest absolute Gasteiger partial charge is 0.369 e. The lowest BCUT2D eigenvalue weighted by Crippen LogP contribution is -2.47. The van der Waals surface area contributed by atoms with Crippen molar-refractivity contribution in [2.45, 2.75) is 37.8 Å². The molecule has 0 unspecified atom stereocenters. The topological polar surface area (TPSA) is 35.6 Å². The van der Waals surface area contributed by atoms with Crippen LogP contribution in [0.4, 0.5) is 18.9 Å². The first-order valence-electron chi connectivity index (χ1n) is 15.4. The van der Waals surface area contributed by atoms with Crippen molar-refractivity contribution in [3.8, 4) is 22.3 Å². The number of hydrogen-bond acceptors (Lipinski definition) is 3. The summed E-state index contributed by atoms with van der Waals surface area (Å²) in [5.41, 5.74) is 7.22. The Morgan fingerprint density at radius 3 is 2.02 bits per heavy atom. The van der Waals surface area contributed by atoms with Crippen LogP contribution in [-0.2, 0) is 10.2 Å². The molecular formula is C37H38F3N3O. The number of carbonyl (C=O) groups is 1. The molecule has 1 N–H and O–H groups in total. The normalized spacial score (nSPS) is 16.0. The van der Waals surface area contributed by atoms with Gasteiger partial charge in [-0.15, -0.1) is 0 Å². The molecule has 4 aromatic carbocycles. The van der Waals surface area contributed by atoms with Crippen LogP contribution in [0.1, 0.15) is 36.0 Å². The van der Waals surface area contributed by atoms with E-state index in [1.165, 1.54) is 22.4 Å². The number of anilines is 1. The van der Waals surface area contributed by atoms with Gasteiger partial charge in [-0.3, -0.25) is 9.69 Å². The van der Waals surface area contributed by atoms with Crippen LogP contribution >= 0.6 is 0 Å². The second-order valence-electron chi connectivity index (χ2n) is 12.0. The van der Waals surface area contributed by atoms with Crippen LogP contribution in [0.2, 0.25) is 0 Å². The lowest BCUT2D eigenvalue weighted by atomic mass is 9.73. The molecule has 44 heavy (non-hydrogen) atoms. The van der Waals surface area contributed by atoms with E-state index >= 15 is 0 Å². The predicted octanol–water partition coefficient (Wildman–Crippen LogP) is 7.60. The number of rotatable bonds is 9.